The smallest absolute Gasteiger partial charge is 0.407 e. The second-order valence-electron chi connectivity index (χ2n) is 18.9. The van der Waals surface area contributed by atoms with E-state index in [9.17, 15) is 33.6 Å². The average Bonchev–Trinajstić information content (AvgIpc) is 3.36. The summed E-state index contributed by atoms with van der Waals surface area (Å²) in [5.74, 6) is -3.13. The number of ether oxygens (including phenoxy) is 4. The van der Waals surface area contributed by atoms with Gasteiger partial charge in [0.2, 0.25) is 23.6 Å². The summed E-state index contributed by atoms with van der Waals surface area (Å²) in [6.07, 6.45) is 3.46. The molecule has 386 valence electrons. The maximum Gasteiger partial charge on any atom is 0.407 e. The molecule has 1 aliphatic heterocycles. The Balaban J connectivity index is 1.44. The maximum atomic E-state index is 14.9. The quantitative estimate of drug-likeness (QED) is 0.0529. The zero-order valence-electron chi connectivity index (χ0n) is 43.1. The van der Waals surface area contributed by atoms with E-state index >= 15 is 0 Å². The van der Waals surface area contributed by atoms with Gasteiger partial charge in [-0.1, -0.05) is 61.9 Å². The van der Waals surface area contributed by atoms with E-state index in [1.54, 1.807) is 69.3 Å². The number of nitrogens with zero attached hydrogens (tertiary/aromatic N) is 1. The largest absolute Gasteiger partial charge is 0.496 e. The molecule has 0 saturated heterocycles. The van der Waals surface area contributed by atoms with Crippen LogP contribution < -0.4 is 36.1 Å². The Labute approximate surface area is 422 Å². The number of fused-ring (bicyclic) bond motifs is 5. The average molecular weight is 991 g/mol. The third kappa shape index (κ3) is 15.0. The van der Waals surface area contributed by atoms with Crippen LogP contribution in [0.5, 0.6) is 11.5 Å². The first-order valence-corrected chi connectivity index (χ1v) is 24.3. The van der Waals surface area contributed by atoms with Crippen LogP contribution in [-0.4, -0.2) is 111 Å². The highest BCUT2D eigenvalue weighted by atomic mass is 16.6. The summed E-state index contributed by atoms with van der Waals surface area (Å²) in [6, 6.07) is 19.5. The number of carbonyl (C=O) groups is 7. The molecular formula is C55H70N6O11. The van der Waals surface area contributed by atoms with Crippen molar-refractivity contribution in [3.8, 4) is 33.8 Å². The fraction of sp³-hybridized carbons (Fsp3) is 0.436. The monoisotopic (exact) mass is 991 g/mol. The Morgan fingerprint density at radius 3 is 2.01 bits per heavy atom. The lowest BCUT2D eigenvalue weighted by Gasteiger charge is -2.33. The number of unbranched alkanes of at least 4 members (excludes halogenated alkanes) is 2. The molecule has 5 N–H and O–H groups in total. The minimum Gasteiger partial charge on any atom is -0.496 e. The van der Waals surface area contributed by atoms with Crippen molar-refractivity contribution >= 4 is 41.6 Å². The van der Waals surface area contributed by atoms with E-state index in [0.29, 0.717) is 52.2 Å². The predicted octanol–water partition coefficient (Wildman–Crippen LogP) is 6.60. The van der Waals surface area contributed by atoms with Crippen LogP contribution in [0.2, 0.25) is 0 Å². The van der Waals surface area contributed by atoms with E-state index in [-0.39, 0.29) is 19.4 Å². The summed E-state index contributed by atoms with van der Waals surface area (Å²) in [6.45, 7) is 10.6. The highest BCUT2D eigenvalue weighted by Gasteiger charge is 2.37. The summed E-state index contributed by atoms with van der Waals surface area (Å²) in [5.41, 5.74) is 4.82. The highest BCUT2D eigenvalue weighted by Crippen LogP contribution is 2.40. The highest BCUT2D eigenvalue weighted by molar-refractivity contribution is 5.99. The Hall–Kier alpha value is -7.43. The number of nitrogens with one attached hydrogen (secondary N) is 5. The third-order valence-corrected chi connectivity index (χ3v) is 12.3. The first kappa shape index (κ1) is 55.5. The van der Waals surface area contributed by atoms with E-state index in [1.807, 2.05) is 12.1 Å². The van der Waals surface area contributed by atoms with E-state index in [0.717, 1.165) is 30.4 Å². The molecule has 4 bridgehead atoms. The van der Waals surface area contributed by atoms with Gasteiger partial charge in [-0.2, -0.15) is 0 Å². The molecule has 17 heteroatoms. The number of hydrogen-bond acceptors (Lipinski definition) is 11. The first-order chi connectivity index (χ1) is 34.3. The fourth-order valence-electron chi connectivity index (χ4n) is 8.29. The fourth-order valence-corrected chi connectivity index (χ4v) is 8.29. The molecule has 0 fully saturated rings. The number of aryl methyl sites for hydroxylation is 1. The molecule has 0 spiro atoms. The van der Waals surface area contributed by atoms with Crippen molar-refractivity contribution in [2.75, 3.05) is 34.9 Å². The van der Waals surface area contributed by atoms with E-state index < -0.39 is 77.4 Å². The number of rotatable bonds is 18. The standard InChI is InChI=1S/C55H70N6O11/c1-11-12-15-35-17-20-37(21-18-35)38-22-24-39(25-23-38)50(64)57-33(2)48(62)59-43(16-13-14-29-56-54(68)72-55(4,5)6)52(66)61(7)47-40-26-28-46(70-9)42(32-40)41-30-36(19-27-45(41)69-8)31-44(53(67)71-10)60-49(63)34(3)58-51(47)65/h17-28,30,32-34,43-44,47H,11-16,29,31H2,1-10H3,(H,56,68)(H,57,64)(H,58,65)(H,59,62)(H,60,63)/t33-,34+,43+,44+,47+/m1/s1. The molecule has 5 rings (SSSR count). The zero-order valence-corrected chi connectivity index (χ0v) is 43.1. The van der Waals surface area contributed by atoms with Gasteiger partial charge < -0.3 is 50.4 Å². The van der Waals surface area contributed by atoms with E-state index in [4.69, 9.17) is 18.9 Å². The second kappa shape index (κ2) is 25.6. The first-order valence-electron chi connectivity index (χ1n) is 24.3. The molecule has 72 heavy (non-hydrogen) atoms. The van der Waals surface area contributed by atoms with Crippen LogP contribution >= 0.6 is 0 Å². The van der Waals surface area contributed by atoms with Crippen molar-refractivity contribution in [1.82, 2.24) is 31.5 Å². The van der Waals surface area contributed by atoms with Crippen LogP contribution in [0.3, 0.4) is 0 Å². The van der Waals surface area contributed by atoms with Crippen molar-refractivity contribution in [3.05, 3.63) is 107 Å². The van der Waals surface area contributed by atoms with Crippen LogP contribution in [-0.2, 0) is 46.3 Å². The number of likely N-dealkylation sites (N-methyl/N-ethyl adjacent to an activating group) is 1. The lowest BCUT2D eigenvalue weighted by atomic mass is 9.93. The number of alkyl carbamates (subject to hydrolysis) is 1. The Bertz CT molecular complexity index is 2560. The summed E-state index contributed by atoms with van der Waals surface area (Å²) < 4.78 is 21.9. The summed E-state index contributed by atoms with van der Waals surface area (Å²) in [5, 5.41) is 13.7. The van der Waals surface area contributed by atoms with Gasteiger partial charge >= 0.3 is 12.1 Å². The van der Waals surface area contributed by atoms with Crippen molar-refractivity contribution in [1.29, 1.82) is 0 Å². The minimum atomic E-state index is -1.40. The number of hydrogen-bond donors (Lipinski definition) is 5. The molecule has 0 aliphatic carbocycles. The molecule has 0 radical (unpaired) electrons. The minimum absolute atomic E-state index is 0.0478. The molecule has 4 aromatic rings. The van der Waals surface area contributed by atoms with Gasteiger partial charge in [-0.05, 0) is 131 Å². The molecule has 5 atom stereocenters. The van der Waals surface area contributed by atoms with Gasteiger partial charge in [0, 0.05) is 36.7 Å². The van der Waals surface area contributed by atoms with Gasteiger partial charge in [-0.15, -0.1) is 0 Å². The Morgan fingerprint density at radius 1 is 0.778 bits per heavy atom. The molecule has 6 amide bonds. The van der Waals surface area contributed by atoms with Crippen molar-refractivity contribution in [2.45, 2.75) is 122 Å². The summed E-state index contributed by atoms with van der Waals surface area (Å²) >= 11 is 0. The lowest BCUT2D eigenvalue weighted by molar-refractivity contribution is -0.145. The molecule has 17 nitrogen and oxygen atoms in total. The zero-order chi connectivity index (χ0) is 52.7. The molecule has 0 aromatic heterocycles. The number of esters is 1. The normalized spacial score (nSPS) is 16.6. The van der Waals surface area contributed by atoms with Crippen molar-refractivity contribution in [2.24, 2.45) is 0 Å². The summed E-state index contributed by atoms with van der Waals surface area (Å²) in [7, 11) is 5.61. The van der Waals surface area contributed by atoms with Crippen LogP contribution in [0.1, 0.15) is 107 Å². The topological polar surface area (TPSA) is 220 Å². The van der Waals surface area contributed by atoms with E-state index in [1.165, 1.54) is 52.7 Å². The van der Waals surface area contributed by atoms with Gasteiger partial charge in [0.1, 0.15) is 47.3 Å². The predicted molar refractivity (Wildman–Crippen MR) is 273 cm³/mol. The molecule has 4 aromatic carbocycles. The summed E-state index contributed by atoms with van der Waals surface area (Å²) in [4.78, 5) is 97.3. The number of carbonyl (C=O) groups excluding carboxylic acids is 7. The van der Waals surface area contributed by atoms with Crippen LogP contribution in [0.25, 0.3) is 22.3 Å². The maximum absolute atomic E-state index is 14.9. The number of benzene rings is 4. The molecule has 0 unspecified atom stereocenters. The van der Waals surface area contributed by atoms with Gasteiger partial charge in [0.15, 0.2) is 0 Å². The Kier molecular flexibility index (Phi) is 19.7. The van der Waals surface area contributed by atoms with Gasteiger partial charge in [0.05, 0.1) is 21.3 Å². The van der Waals surface area contributed by atoms with Crippen LogP contribution in [0, 0.1) is 0 Å². The molecular weight excluding hydrogens is 921 g/mol. The van der Waals surface area contributed by atoms with Gasteiger partial charge in [-0.25, -0.2) is 9.59 Å². The van der Waals surface area contributed by atoms with Gasteiger partial charge in [0.25, 0.3) is 5.91 Å². The van der Waals surface area contributed by atoms with Gasteiger partial charge in [-0.3, -0.25) is 24.0 Å². The molecule has 0 saturated carbocycles. The van der Waals surface area contributed by atoms with E-state index in [2.05, 4.69) is 57.8 Å². The van der Waals surface area contributed by atoms with Crippen molar-refractivity contribution in [3.63, 3.8) is 0 Å². The number of amides is 6. The Morgan fingerprint density at radius 2 is 1.40 bits per heavy atom. The lowest BCUT2D eigenvalue weighted by Crippen LogP contribution is -2.56. The second-order valence-corrected chi connectivity index (χ2v) is 18.9. The molecule has 1 aliphatic rings. The number of methoxy groups -OCH3 is 3. The van der Waals surface area contributed by atoms with Crippen LogP contribution in [0.15, 0.2) is 84.9 Å². The van der Waals surface area contributed by atoms with Crippen LogP contribution in [0.4, 0.5) is 4.79 Å². The molecule has 1 heterocycles. The third-order valence-electron chi connectivity index (χ3n) is 12.3. The van der Waals surface area contributed by atoms with Crippen molar-refractivity contribution < 1.29 is 52.5 Å². The SMILES string of the molecule is CCCCc1ccc(-c2ccc(C(=O)N[C@H](C)C(=O)N[C@@H](CCCCNC(=O)OC(C)(C)C)C(=O)N(C)[C@@H]3C(=O)N[C@@H](C)C(=O)N[C@H](C(=O)OC)Cc4ccc(OC)c(c4)-c4cc3ccc4OC)cc2)cc1.